The van der Waals surface area contributed by atoms with E-state index < -0.39 is 23.6 Å². The van der Waals surface area contributed by atoms with E-state index in [0.717, 1.165) is 17.1 Å². The van der Waals surface area contributed by atoms with E-state index in [1.165, 1.54) is 24.8 Å². The summed E-state index contributed by atoms with van der Waals surface area (Å²) in [4.78, 5) is 11.4. The van der Waals surface area contributed by atoms with Crippen LogP contribution in [0.3, 0.4) is 0 Å². The number of benzene rings is 1. The molecule has 5 heteroatoms. The minimum absolute atomic E-state index is 0.292. The fourth-order valence-electron chi connectivity index (χ4n) is 2.77. The van der Waals surface area contributed by atoms with E-state index in [2.05, 4.69) is 12.8 Å². The van der Waals surface area contributed by atoms with Gasteiger partial charge in [0, 0.05) is 18.1 Å². The summed E-state index contributed by atoms with van der Waals surface area (Å²) < 4.78 is 5.07. The first-order chi connectivity index (χ1) is 12.1. The molecule has 0 spiro atoms. The molecule has 1 aromatic carbocycles. The van der Waals surface area contributed by atoms with Crippen LogP contribution in [0.15, 0.2) is 35.8 Å². The lowest BCUT2D eigenvalue weighted by Crippen LogP contribution is -2.22. The minimum atomic E-state index is -0.933. The van der Waals surface area contributed by atoms with Gasteiger partial charge < -0.3 is 14.9 Å². The van der Waals surface area contributed by atoms with Gasteiger partial charge in [-0.15, -0.1) is 12.3 Å². The van der Waals surface area contributed by atoms with Crippen LogP contribution >= 0.6 is 11.8 Å². The molecule has 0 aliphatic carbocycles. The van der Waals surface area contributed by atoms with E-state index in [1.54, 1.807) is 0 Å². The normalized spacial score (nSPS) is 18.1. The highest BCUT2D eigenvalue weighted by Crippen LogP contribution is 2.34. The SMILES string of the molecule is C#CCC(c1ccc(CSCCCCC)cc1)C1OC(=O)C(O)=C1O. The van der Waals surface area contributed by atoms with Gasteiger partial charge in [-0.3, -0.25) is 0 Å². The van der Waals surface area contributed by atoms with E-state index in [1.807, 2.05) is 36.0 Å². The van der Waals surface area contributed by atoms with Crippen LogP contribution in [0.1, 0.15) is 49.7 Å². The summed E-state index contributed by atoms with van der Waals surface area (Å²) in [6.45, 7) is 2.20. The Morgan fingerprint density at radius 3 is 2.56 bits per heavy atom. The minimum Gasteiger partial charge on any atom is -0.505 e. The number of thioether (sulfide) groups is 1. The lowest BCUT2D eigenvalue weighted by atomic mass is 9.89. The summed E-state index contributed by atoms with van der Waals surface area (Å²) in [5.74, 6) is 2.19. The number of hydrogen-bond acceptors (Lipinski definition) is 5. The van der Waals surface area contributed by atoms with Gasteiger partial charge in [-0.25, -0.2) is 4.79 Å². The van der Waals surface area contributed by atoms with Gasteiger partial charge in [-0.2, -0.15) is 11.8 Å². The first-order valence-corrected chi connectivity index (χ1v) is 9.67. The zero-order chi connectivity index (χ0) is 18.2. The van der Waals surface area contributed by atoms with Crippen molar-refractivity contribution in [3.8, 4) is 12.3 Å². The highest BCUT2D eigenvalue weighted by Gasteiger charge is 2.40. The van der Waals surface area contributed by atoms with Crippen molar-refractivity contribution in [2.75, 3.05) is 5.75 Å². The highest BCUT2D eigenvalue weighted by atomic mass is 32.2. The molecule has 0 aromatic heterocycles. The van der Waals surface area contributed by atoms with E-state index in [4.69, 9.17) is 11.2 Å². The maximum atomic E-state index is 11.4. The Balaban J connectivity index is 2.03. The van der Waals surface area contributed by atoms with Crippen molar-refractivity contribution >= 4 is 17.7 Å². The zero-order valence-electron chi connectivity index (χ0n) is 14.4. The van der Waals surface area contributed by atoms with Crippen LogP contribution in [0, 0.1) is 12.3 Å². The fraction of sp³-hybridized carbons (Fsp3) is 0.450. The fourth-order valence-corrected chi connectivity index (χ4v) is 3.75. The van der Waals surface area contributed by atoms with Crippen molar-refractivity contribution in [2.45, 2.75) is 50.4 Å². The van der Waals surface area contributed by atoms with Crippen molar-refractivity contribution in [1.82, 2.24) is 0 Å². The van der Waals surface area contributed by atoms with E-state index in [-0.39, 0.29) is 5.92 Å². The number of aliphatic hydroxyl groups excluding tert-OH is 2. The summed E-state index contributed by atoms with van der Waals surface area (Å²) in [6.07, 6.45) is 8.53. The average molecular weight is 360 g/mol. The van der Waals surface area contributed by atoms with Crippen molar-refractivity contribution in [3.63, 3.8) is 0 Å². The molecule has 0 fully saturated rings. The van der Waals surface area contributed by atoms with Crippen LogP contribution < -0.4 is 0 Å². The van der Waals surface area contributed by atoms with E-state index >= 15 is 0 Å². The first-order valence-electron chi connectivity index (χ1n) is 8.51. The summed E-state index contributed by atoms with van der Waals surface area (Å²) >= 11 is 1.91. The van der Waals surface area contributed by atoms with Crippen LogP contribution in [-0.2, 0) is 15.3 Å². The van der Waals surface area contributed by atoms with Crippen LogP contribution in [0.25, 0.3) is 0 Å². The maximum Gasteiger partial charge on any atom is 0.377 e. The second kappa shape index (κ2) is 9.43. The molecule has 2 atom stereocenters. The van der Waals surface area contributed by atoms with Gasteiger partial charge in [-0.1, -0.05) is 44.0 Å². The van der Waals surface area contributed by atoms with Crippen LogP contribution in [-0.4, -0.2) is 28.0 Å². The number of aliphatic hydroxyl groups is 2. The molecule has 2 N–H and O–H groups in total. The van der Waals surface area contributed by atoms with Gasteiger partial charge in [0.15, 0.2) is 11.9 Å². The molecule has 134 valence electrons. The molecular weight excluding hydrogens is 336 g/mol. The van der Waals surface area contributed by atoms with Gasteiger partial charge in [0.2, 0.25) is 5.76 Å². The molecule has 2 rings (SSSR count). The van der Waals surface area contributed by atoms with Gasteiger partial charge in [-0.05, 0) is 23.3 Å². The lowest BCUT2D eigenvalue weighted by Gasteiger charge is -2.21. The van der Waals surface area contributed by atoms with Gasteiger partial charge in [0.25, 0.3) is 0 Å². The Hall–Kier alpha value is -2.06. The molecule has 2 unspecified atom stereocenters. The highest BCUT2D eigenvalue weighted by molar-refractivity contribution is 7.98. The molecule has 0 amide bonds. The Morgan fingerprint density at radius 2 is 2.00 bits per heavy atom. The van der Waals surface area contributed by atoms with Crippen LogP contribution in [0.4, 0.5) is 0 Å². The maximum absolute atomic E-state index is 11.4. The van der Waals surface area contributed by atoms with Crippen LogP contribution in [0.2, 0.25) is 0 Å². The molecule has 0 saturated carbocycles. The van der Waals surface area contributed by atoms with Gasteiger partial charge >= 0.3 is 5.97 Å². The quantitative estimate of drug-likeness (QED) is 0.386. The standard InChI is InChI=1S/C20H24O4S/c1-3-5-6-12-25-13-14-8-10-15(11-9-14)16(7-4-2)19-17(21)18(22)20(23)24-19/h2,8-11,16,19,21-22H,3,5-7,12-13H2,1H3. The largest absolute Gasteiger partial charge is 0.505 e. The molecule has 1 aliphatic heterocycles. The smallest absolute Gasteiger partial charge is 0.377 e. The third kappa shape index (κ3) is 4.96. The topological polar surface area (TPSA) is 66.8 Å². The average Bonchev–Trinajstić information content (AvgIpc) is 2.87. The molecule has 1 heterocycles. The van der Waals surface area contributed by atoms with E-state index in [0.29, 0.717) is 6.42 Å². The summed E-state index contributed by atoms with van der Waals surface area (Å²) in [6, 6.07) is 7.95. The number of unbranched alkanes of at least 4 members (excludes halogenated alkanes) is 2. The summed E-state index contributed by atoms with van der Waals surface area (Å²) in [5, 5.41) is 19.4. The zero-order valence-corrected chi connectivity index (χ0v) is 15.2. The summed E-state index contributed by atoms with van der Waals surface area (Å²) in [5.41, 5.74) is 2.09. The number of rotatable bonds is 9. The summed E-state index contributed by atoms with van der Waals surface area (Å²) in [7, 11) is 0. The Kier molecular flexibility index (Phi) is 7.27. The van der Waals surface area contributed by atoms with Gasteiger partial charge in [0.1, 0.15) is 0 Å². The third-order valence-corrected chi connectivity index (χ3v) is 5.33. The third-order valence-electron chi connectivity index (χ3n) is 4.21. The number of terminal acetylenes is 1. The number of esters is 1. The van der Waals surface area contributed by atoms with Crippen molar-refractivity contribution < 1.29 is 19.7 Å². The lowest BCUT2D eigenvalue weighted by molar-refractivity contribution is -0.143. The second-order valence-corrected chi connectivity index (χ2v) is 7.18. The second-order valence-electron chi connectivity index (χ2n) is 6.08. The molecular formula is C20H24O4S. The van der Waals surface area contributed by atoms with E-state index in [9.17, 15) is 15.0 Å². The molecule has 1 aromatic rings. The number of carbonyl (C=O) groups excluding carboxylic acids is 1. The van der Waals surface area contributed by atoms with Crippen molar-refractivity contribution in [1.29, 1.82) is 0 Å². The number of cyclic esters (lactones) is 1. The van der Waals surface area contributed by atoms with Crippen molar-refractivity contribution in [2.24, 2.45) is 0 Å². The molecule has 1 aliphatic rings. The Morgan fingerprint density at radius 1 is 1.28 bits per heavy atom. The monoisotopic (exact) mass is 360 g/mol. The molecule has 0 saturated heterocycles. The Bertz CT molecular complexity index is 657. The van der Waals surface area contributed by atoms with Crippen LogP contribution in [0.5, 0.6) is 0 Å². The number of hydrogen-bond donors (Lipinski definition) is 2. The predicted octanol–water partition coefficient (Wildman–Crippen LogP) is 4.47. The molecule has 4 nitrogen and oxygen atoms in total. The first kappa shape index (κ1) is 19.3. The number of carbonyl (C=O) groups is 1. The van der Waals surface area contributed by atoms with Crippen molar-refractivity contribution in [3.05, 3.63) is 46.9 Å². The van der Waals surface area contributed by atoms with Gasteiger partial charge in [0.05, 0.1) is 0 Å². The predicted molar refractivity (Wildman–Crippen MR) is 100 cm³/mol. The Labute approximate surface area is 153 Å². The molecule has 0 radical (unpaired) electrons. The number of ether oxygens (including phenoxy) is 1. The molecule has 25 heavy (non-hydrogen) atoms. The molecule has 0 bridgehead atoms.